The summed E-state index contributed by atoms with van der Waals surface area (Å²) in [5.41, 5.74) is 1.63. The molecule has 2 aromatic heterocycles. The summed E-state index contributed by atoms with van der Waals surface area (Å²) in [6.45, 7) is 1.73. The SMILES string of the molecule is Cc1c(Cc2c[nH]c(=S)[nH]c2=O)cc[nH]c1=O. The molecule has 0 aliphatic rings. The molecule has 0 fully saturated rings. The van der Waals surface area contributed by atoms with Gasteiger partial charge in [0.2, 0.25) is 0 Å². The monoisotopic (exact) mass is 249 g/mol. The van der Waals surface area contributed by atoms with E-state index in [1.165, 1.54) is 0 Å². The van der Waals surface area contributed by atoms with Crippen molar-refractivity contribution in [1.29, 1.82) is 0 Å². The second kappa shape index (κ2) is 4.50. The molecule has 6 heteroatoms. The Labute approximate surface area is 102 Å². The highest BCUT2D eigenvalue weighted by molar-refractivity contribution is 7.71. The number of rotatable bonds is 2. The Bertz CT molecular complexity index is 711. The van der Waals surface area contributed by atoms with Crippen LogP contribution in [0.3, 0.4) is 0 Å². The largest absolute Gasteiger partial charge is 0.338 e. The lowest BCUT2D eigenvalue weighted by molar-refractivity contribution is 0.992. The number of pyridine rings is 1. The third-order valence-electron chi connectivity index (χ3n) is 2.60. The summed E-state index contributed by atoms with van der Waals surface area (Å²) in [5, 5.41) is 0. The average molecular weight is 249 g/mol. The van der Waals surface area contributed by atoms with E-state index in [4.69, 9.17) is 12.2 Å². The molecule has 0 saturated heterocycles. The van der Waals surface area contributed by atoms with Gasteiger partial charge in [0.1, 0.15) is 0 Å². The van der Waals surface area contributed by atoms with Gasteiger partial charge in [-0.1, -0.05) is 0 Å². The molecule has 0 aliphatic carbocycles. The van der Waals surface area contributed by atoms with E-state index in [1.54, 1.807) is 25.4 Å². The Kier molecular flexibility index (Phi) is 3.06. The van der Waals surface area contributed by atoms with Crippen LogP contribution in [0.25, 0.3) is 0 Å². The molecule has 0 aromatic carbocycles. The topological polar surface area (TPSA) is 81.5 Å². The molecule has 2 heterocycles. The number of aromatic nitrogens is 3. The van der Waals surface area contributed by atoms with Crippen LogP contribution in [-0.4, -0.2) is 15.0 Å². The summed E-state index contributed by atoms with van der Waals surface area (Å²) in [4.78, 5) is 30.9. The van der Waals surface area contributed by atoms with Gasteiger partial charge in [0.15, 0.2) is 4.77 Å². The molecule has 2 rings (SSSR count). The van der Waals surface area contributed by atoms with Crippen molar-refractivity contribution in [1.82, 2.24) is 15.0 Å². The molecule has 0 atom stereocenters. The van der Waals surface area contributed by atoms with Gasteiger partial charge in [-0.2, -0.15) is 0 Å². The fourth-order valence-corrected chi connectivity index (χ4v) is 1.71. The minimum atomic E-state index is -0.228. The molecular formula is C11H11N3O2S. The van der Waals surface area contributed by atoms with E-state index in [0.29, 0.717) is 22.3 Å². The van der Waals surface area contributed by atoms with Crippen molar-refractivity contribution in [2.24, 2.45) is 0 Å². The third-order valence-corrected chi connectivity index (χ3v) is 2.82. The second-order valence-corrected chi connectivity index (χ2v) is 4.14. The second-order valence-electron chi connectivity index (χ2n) is 3.73. The first-order valence-corrected chi connectivity index (χ1v) is 5.47. The van der Waals surface area contributed by atoms with Gasteiger partial charge < -0.3 is 9.97 Å². The third kappa shape index (κ3) is 2.42. The van der Waals surface area contributed by atoms with Gasteiger partial charge in [0.25, 0.3) is 11.1 Å². The predicted molar refractivity (Wildman–Crippen MR) is 66.9 cm³/mol. The fraction of sp³-hybridized carbons (Fsp3) is 0.182. The lowest BCUT2D eigenvalue weighted by Crippen LogP contribution is -2.16. The van der Waals surface area contributed by atoms with E-state index >= 15 is 0 Å². The molecule has 2 aromatic rings. The normalized spacial score (nSPS) is 10.4. The van der Waals surface area contributed by atoms with E-state index < -0.39 is 0 Å². The summed E-state index contributed by atoms with van der Waals surface area (Å²) < 4.78 is 0.293. The summed E-state index contributed by atoms with van der Waals surface area (Å²) in [6, 6.07) is 1.79. The van der Waals surface area contributed by atoms with Crippen molar-refractivity contribution in [3.05, 3.63) is 60.6 Å². The standard InChI is InChI=1S/C11H11N3O2S/c1-6-7(2-3-12-9(6)15)4-8-5-13-11(17)14-10(8)16/h2-3,5H,4H2,1H3,(H,12,15)(H2,13,14,16,17). The molecule has 0 bridgehead atoms. The maximum absolute atomic E-state index is 11.6. The minimum Gasteiger partial charge on any atom is -0.338 e. The maximum Gasteiger partial charge on any atom is 0.255 e. The molecule has 0 aliphatic heterocycles. The van der Waals surface area contributed by atoms with Crippen LogP contribution in [0.5, 0.6) is 0 Å². The predicted octanol–water partition coefficient (Wildman–Crippen LogP) is 1.02. The molecule has 0 spiro atoms. The van der Waals surface area contributed by atoms with Gasteiger partial charge in [-0.3, -0.25) is 14.6 Å². The molecule has 88 valence electrons. The lowest BCUT2D eigenvalue weighted by Gasteiger charge is -2.03. The van der Waals surface area contributed by atoms with Crippen LogP contribution in [0.1, 0.15) is 16.7 Å². The van der Waals surface area contributed by atoms with Gasteiger partial charge in [-0.05, 0) is 30.8 Å². The van der Waals surface area contributed by atoms with Crippen molar-refractivity contribution in [3.63, 3.8) is 0 Å². The van der Waals surface area contributed by atoms with Gasteiger partial charge in [0.05, 0.1) is 0 Å². The molecule has 0 amide bonds. The van der Waals surface area contributed by atoms with E-state index in [9.17, 15) is 9.59 Å². The van der Waals surface area contributed by atoms with Crippen molar-refractivity contribution in [3.8, 4) is 0 Å². The Morgan fingerprint density at radius 2 is 1.94 bits per heavy atom. The molecule has 0 radical (unpaired) electrons. The number of hydrogen-bond acceptors (Lipinski definition) is 3. The van der Waals surface area contributed by atoms with E-state index in [0.717, 1.165) is 5.56 Å². The van der Waals surface area contributed by atoms with Crippen molar-refractivity contribution < 1.29 is 0 Å². The van der Waals surface area contributed by atoms with Crippen LogP contribution in [-0.2, 0) is 6.42 Å². The van der Waals surface area contributed by atoms with Crippen molar-refractivity contribution in [2.75, 3.05) is 0 Å². The number of H-pyrrole nitrogens is 3. The summed E-state index contributed by atoms with van der Waals surface area (Å²) in [6.07, 6.45) is 3.54. The smallest absolute Gasteiger partial charge is 0.255 e. The highest BCUT2D eigenvalue weighted by Gasteiger charge is 2.05. The summed E-state index contributed by atoms with van der Waals surface area (Å²) >= 11 is 4.80. The highest BCUT2D eigenvalue weighted by Crippen LogP contribution is 2.06. The summed E-state index contributed by atoms with van der Waals surface area (Å²) in [7, 11) is 0. The van der Waals surface area contributed by atoms with E-state index in [-0.39, 0.29) is 11.1 Å². The first-order valence-electron chi connectivity index (χ1n) is 5.06. The van der Waals surface area contributed by atoms with Gasteiger partial charge in [-0.25, -0.2) is 0 Å². The zero-order valence-electron chi connectivity index (χ0n) is 9.16. The maximum atomic E-state index is 11.6. The first-order chi connectivity index (χ1) is 8.08. The van der Waals surface area contributed by atoms with Crippen molar-refractivity contribution >= 4 is 12.2 Å². The van der Waals surface area contributed by atoms with Crippen LogP contribution in [0.2, 0.25) is 0 Å². The van der Waals surface area contributed by atoms with Gasteiger partial charge in [-0.15, -0.1) is 0 Å². The van der Waals surface area contributed by atoms with Gasteiger partial charge in [0, 0.05) is 29.9 Å². The zero-order valence-corrected chi connectivity index (χ0v) is 9.98. The Hall–Kier alpha value is -1.95. The first kappa shape index (κ1) is 11.5. The molecule has 0 saturated carbocycles. The summed E-state index contributed by atoms with van der Waals surface area (Å²) in [5.74, 6) is 0. The zero-order chi connectivity index (χ0) is 12.4. The lowest BCUT2D eigenvalue weighted by atomic mass is 10.0. The molecule has 17 heavy (non-hydrogen) atoms. The number of aromatic amines is 3. The Morgan fingerprint density at radius 3 is 2.65 bits per heavy atom. The van der Waals surface area contributed by atoms with Gasteiger partial charge >= 0.3 is 0 Å². The highest BCUT2D eigenvalue weighted by atomic mass is 32.1. The van der Waals surface area contributed by atoms with Crippen LogP contribution < -0.4 is 11.1 Å². The van der Waals surface area contributed by atoms with Crippen LogP contribution in [0, 0.1) is 11.7 Å². The van der Waals surface area contributed by atoms with Crippen LogP contribution in [0.15, 0.2) is 28.0 Å². The number of nitrogens with one attached hydrogen (secondary N) is 3. The molecule has 3 N–H and O–H groups in total. The Morgan fingerprint density at radius 1 is 1.18 bits per heavy atom. The molecular weight excluding hydrogens is 238 g/mol. The average Bonchev–Trinajstić information content (AvgIpc) is 2.28. The molecule has 5 nitrogen and oxygen atoms in total. The fourth-order valence-electron chi connectivity index (χ4n) is 1.56. The minimum absolute atomic E-state index is 0.136. The number of hydrogen-bond donors (Lipinski definition) is 3. The van der Waals surface area contributed by atoms with Crippen molar-refractivity contribution in [2.45, 2.75) is 13.3 Å². The molecule has 0 unspecified atom stereocenters. The quantitative estimate of drug-likeness (QED) is 0.695. The van der Waals surface area contributed by atoms with E-state index in [2.05, 4.69) is 15.0 Å². The Balaban J connectivity index is 2.45. The van der Waals surface area contributed by atoms with Crippen LogP contribution in [0.4, 0.5) is 0 Å². The van der Waals surface area contributed by atoms with Crippen LogP contribution >= 0.6 is 12.2 Å². The van der Waals surface area contributed by atoms with E-state index in [1.807, 2.05) is 0 Å².